The van der Waals surface area contributed by atoms with Gasteiger partial charge >= 0.3 is 5.97 Å². The number of fused-ring (bicyclic) bond motifs is 1. The molecule has 9 nitrogen and oxygen atoms in total. The molecular formula is C33H42N2O7. The SMILES string of the molecule is COC(=O)[C@]12CCCCC=C1N(CCc1ccc(OC)c(OC)c1)C(=O)[C@H](CC(=O)NCCc1ccccc1OC)C2. The lowest BCUT2D eigenvalue weighted by Gasteiger charge is -2.46. The van der Waals surface area contributed by atoms with Crippen LogP contribution in [0.5, 0.6) is 17.2 Å². The third-order valence-electron chi connectivity index (χ3n) is 8.38. The zero-order chi connectivity index (χ0) is 30.1. The molecule has 9 heteroatoms. The van der Waals surface area contributed by atoms with E-state index in [1.54, 1.807) is 26.2 Å². The van der Waals surface area contributed by atoms with E-state index in [-0.39, 0.29) is 30.6 Å². The lowest BCUT2D eigenvalue weighted by Crippen LogP contribution is -2.53. The minimum atomic E-state index is -0.959. The first-order chi connectivity index (χ1) is 20.4. The van der Waals surface area contributed by atoms with Gasteiger partial charge in [-0.1, -0.05) is 36.8 Å². The zero-order valence-electron chi connectivity index (χ0n) is 25.1. The lowest BCUT2D eigenvalue weighted by molar-refractivity contribution is -0.159. The van der Waals surface area contributed by atoms with Gasteiger partial charge in [0.05, 0.1) is 28.4 Å². The van der Waals surface area contributed by atoms with Gasteiger partial charge in [0, 0.05) is 31.1 Å². The van der Waals surface area contributed by atoms with E-state index >= 15 is 0 Å². The van der Waals surface area contributed by atoms with E-state index in [1.165, 1.54) is 7.11 Å². The average Bonchev–Trinajstić information content (AvgIpc) is 3.23. The first-order valence-corrected chi connectivity index (χ1v) is 14.6. The number of ether oxygens (including phenoxy) is 4. The van der Waals surface area contributed by atoms with E-state index in [0.717, 1.165) is 36.1 Å². The summed E-state index contributed by atoms with van der Waals surface area (Å²) in [7, 11) is 6.19. The number of rotatable bonds is 12. The number of likely N-dealkylation sites (tertiary alicyclic amines) is 1. The molecule has 0 aromatic heterocycles. The minimum absolute atomic E-state index is 0.00361. The highest BCUT2D eigenvalue weighted by molar-refractivity contribution is 5.92. The van der Waals surface area contributed by atoms with Crippen LogP contribution in [-0.4, -0.2) is 64.2 Å². The van der Waals surface area contributed by atoms with Gasteiger partial charge in [-0.3, -0.25) is 14.4 Å². The highest BCUT2D eigenvalue weighted by Crippen LogP contribution is 2.49. The molecular weight excluding hydrogens is 536 g/mol. The normalized spacial score (nSPS) is 20.1. The first kappa shape index (κ1) is 30.9. The number of hydrogen-bond acceptors (Lipinski definition) is 7. The van der Waals surface area contributed by atoms with Crippen LogP contribution in [0.4, 0.5) is 0 Å². The van der Waals surface area contributed by atoms with Crippen molar-refractivity contribution in [1.82, 2.24) is 10.2 Å². The van der Waals surface area contributed by atoms with E-state index in [0.29, 0.717) is 49.5 Å². The number of carbonyl (C=O) groups excluding carboxylic acids is 3. The third kappa shape index (κ3) is 6.72. The van der Waals surface area contributed by atoms with Crippen LogP contribution in [0.3, 0.4) is 0 Å². The van der Waals surface area contributed by atoms with Crippen LogP contribution in [0.1, 0.15) is 49.7 Å². The van der Waals surface area contributed by atoms with Crippen LogP contribution in [-0.2, 0) is 32.0 Å². The fourth-order valence-electron chi connectivity index (χ4n) is 6.25. The maximum absolute atomic E-state index is 14.0. The van der Waals surface area contributed by atoms with Gasteiger partial charge in [-0.2, -0.15) is 0 Å². The molecule has 0 saturated carbocycles. The van der Waals surface area contributed by atoms with E-state index in [1.807, 2.05) is 48.5 Å². The van der Waals surface area contributed by atoms with Gasteiger partial charge in [-0.25, -0.2) is 0 Å². The Labute approximate surface area is 248 Å². The van der Waals surface area contributed by atoms with Crippen molar-refractivity contribution in [3.8, 4) is 17.2 Å². The number of para-hydroxylation sites is 1. The Kier molecular flexibility index (Phi) is 10.5. The molecule has 1 saturated heterocycles. The molecule has 0 unspecified atom stereocenters. The number of amides is 2. The molecule has 0 radical (unpaired) electrons. The first-order valence-electron chi connectivity index (χ1n) is 14.6. The molecule has 1 aliphatic carbocycles. The zero-order valence-corrected chi connectivity index (χ0v) is 25.1. The Bertz CT molecular complexity index is 1310. The number of carbonyl (C=O) groups is 3. The molecule has 1 heterocycles. The van der Waals surface area contributed by atoms with Crippen LogP contribution >= 0.6 is 0 Å². The molecule has 2 aliphatic rings. The molecule has 0 spiro atoms. The van der Waals surface area contributed by atoms with Crippen molar-refractivity contribution in [3.05, 3.63) is 65.4 Å². The summed E-state index contributed by atoms with van der Waals surface area (Å²) in [6.45, 7) is 0.779. The Morgan fingerprint density at radius 3 is 2.45 bits per heavy atom. The molecule has 2 amide bonds. The summed E-state index contributed by atoms with van der Waals surface area (Å²) in [5.41, 5.74) is 1.71. The predicted octanol–water partition coefficient (Wildman–Crippen LogP) is 4.47. The lowest BCUT2D eigenvalue weighted by atomic mass is 9.69. The fourth-order valence-corrected chi connectivity index (χ4v) is 6.25. The Morgan fingerprint density at radius 1 is 0.952 bits per heavy atom. The second-order valence-corrected chi connectivity index (χ2v) is 10.9. The Hall–Kier alpha value is -4.01. The van der Waals surface area contributed by atoms with Gasteiger partial charge < -0.3 is 29.2 Å². The number of piperidine rings is 1. The van der Waals surface area contributed by atoms with Crippen LogP contribution in [0.15, 0.2) is 54.2 Å². The number of hydrogen-bond donors (Lipinski definition) is 1. The van der Waals surface area contributed by atoms with Gasteiger partial charge in [0.15, 0.2) is 11.5 Å². The van der Waals surface area contributed by atoms with Crippen molar-refractivity contribution in [2.45, 2.75) is 51.4 Å². The molecule has 4 rings (SSSR count). The molecule has 42 heavy (non-hydrogen) atoms. The van der Waals surface area contributed by atoms with Crippen molar-refractivity contribution in [2.75, 3.05) is 41.5 Å². The molecule has 2 aromatic rings. The van der Waals surface area contributed by atoms with Crippen molar-refractivity contribution < 1.29 is 33.3 Å². The largest absolute Gasteiger partial charge is 0.496 e. The highest BCUT2D eigenvalue weighted by Gasteiger charge is 2.53. The number of methoxy groups -OCH3 is 4. The van der Waals surface area contributed by atoms with E-state index in [9.17, 15) is 14.4 Å². The number of nitrogens with one attached hydrogen (secondary N) is 1. The van der Waals surface area contributed by atoms with Crippen molar-refractivity contribution in [2.24, 2.45) is 11.3 Å². The van der Waals surface area contributed by atoms with Gasteiger partial charge in [-0.15, -0.1) is 0 Å². The molecule has 2 atom stereocenters. The molecule has 226 valence electrons. The smallest absolute Gasteiger partial charge is 0.317 e. The van der Waals surface area contributed by atoms with Crippen molar-refractivity contribution in [1.29, 1.82) is 0 Å². The summed E-state index contributed by atoms with van der Waals surface area (Å²) in [6.07, 6.45) is 6.56. The summed E-state index contributed by atoms with van der Waals surface area (Å²) in [4.78, 5) is 42.3. The maximum atomic E-state index is 14.0. The summed E-state index contributed by atoms with van der Waals surface area (Å²) < 4.78 is 21.6. The second kappa shape index (κ2) is 14.2. The number of nitrogens with zero attached hydrogens (tertiary/aromatic N) is 1. The summed E-state index contributed by atoms with van der Waals surface area (Å²) in [6, 6.07) is 13.4. The van der Waals surface area contributed by atoms with Gasteiger partial charge in [0.25, 0.3) is 0 Å². The predicted molar refractivity (Wildman–Crippen MR) is 158 cm³/mol. The minimum Gasteiger partial charge on any atom is -0.496 e. The van der Waals surface area contributed by atoms with Crippen LogP contribution in [0, 0.1) is 11.3 Å². The highest BCUT2D eigenvalue weighted by atomic mass is 16.5. The third-order valence-corrected chi connectivity index (χ3v) is 8.38. The quantitative estimate of drug-likeness (QED) is 0.371. The van der Waals surface area contributed by atoms with Gasteiger partial charge in [0.2, 0.25) is 11.8 Å². The summed E-state index contributed by atoms with van der Waals surface area (Å²) in [5.74, 6) is 0.666. The number of esters is 1. The van der Waals surface area contributed by atoms with Crippen LogP contribution < -0.4 is 19.5 Å². The summed E-state index contributed by atoms with van der Waals surface area (Å²) in [5, 5.41) is 2.96. The van der Waals surface area contributed by atoms with Crippen LogP contribution in [0.2, 0.25) is 0 Å². The number of benzene rings is 2. The molecule has 1 aliphatic heterocycles. The standard InChI is InChI=1S/C33H42N2O7/c1-39-26-11-8-7-10-24(26)15-18-34-30(36)21-25-22-33(32(38)42-4)17-9-5-6-12-29(33)35(31(25)37)19-16-23-13-14-27(40-2)28(20-23)41-3/h7-8,10-14,20,25H,5-6,9,15-19,21-22H2,1-4H3,(H,34,36)/t25-,33+/m1/s1. The monoisotopic (exact) mass is 578 g/mol. The Balaban J connectivity index is 1.53. The maximum Gasteiger partial charge on any atom is 0.317 e. The molecule has 2 aromatic carbocycles. The topological polar surface area (TPSA) is 103 Å². The Morgan fingerprint density at radius 2 is 1.71 bits per heavy atom. The van der Waals surface area contributed by atoms with Gasteiger partial charge in [0.1, 0.15) is 11.2 Å². The van der Waals surface area contributed by atoms with Crippen molar-refractivity contribution >= 4 is 17.8 Å². The molecule has 0 bridgehead atoms. The number of allylic oxidation sites excluding steroid dienone is 1. The molecule has 1 N–H and O–H groups in total. The van der Waals surface area contributed by atoms with Crippen LogP contribution in [0.25, 0.3) is 0 Å². The van der Waals surface area contributed by atoms with E-state index in [4.69, 9.17) is 18.9 Å². The van der Waals surface area contributed by atoms with Crippen molar-refractivity contribution in [3.63, 3.8) is 0 Å². The van der Waals surface area contributed by atoms with E-state index < -0.39 is 11.3 Å². The van der Waals surface area contributed by atoms with E-state index in [2.05, 4.69) is 5.32 Å². The average molecular weight is 579 g/mol. The molecule has 1 fully saturated rings. The summed E-state index contributed by atoms with van der Waals surface area (Å²) >= 11 is 0. The van der Waals surface area contributed by atoms with Gasteiger partial charge in [-0.05, 0) is 67.9 Å². The fraction of sp³-hybridized carbons (Fsp3) is 0.485. The second-order valence-electron chi connectivity index (χ2n) is 10.9.